The second-order valence-electron chi connectivity index (χ2n) is 4.85. The summed E-state index contributed by atoms with van der Waals surface area (Å²) in [6.45, 7) is 18.8. The van der Waals surface area contributed by atoms with Crippen LogP contribution in [-0.4, -0.2) is 10.7 Å². The highest BCUT2D eigenvalue weighted by Crippen LogP contribution is 2.35. The standard InChI is InChI=1S/C20H28O/c1-6-11-15-18(13-8-3)20(21,17-10-5)19(14-9-4)16-12-7-2/h6-10,15-16,21H,1-5,11-14,17H2. The summed E-state index contributed by atoms with van der Waals surface area (Å²) in [6, 6.07) is 0. The third-order valence-electron chi connectivity index (χ3n) is 3.29. The zero-order valence-corrected chi connectivity index (χ0v) is 13.1. The molecule has 0 atom stereocenters. The number of hydrogen-bond donors (Lipinski definition) is 1. The summed E-state index contributed by atoms with van der Waals surface area (Å²) >= 11 is 0. The second kappa shape index (κ2) is 10.9. The van der Waals surface area contributed by atoms with E-state index in [0.29, 0.717) is 32.1 Å². The van der Waals surface area contributed by atoms with Gasteiger partial charge < -0.3 is 5.11 Å². The van der Waals surface area contributed by atoms with Gasteiger partial charge in [0.2, 0.25) is 0 Å². The predicted octanol–water partition coefficient (Wildman–Crippen LogP) is 5.45. The average Bonchev–Trinajstić information content (AvgIpc) is 2.47. The summed E-state index contributed by atoms with van der Waals surface area (Å²) in [7, 11) is 0. The molecular formula is C20H28O. The predicted molar refractivity (Wildman–Crippen MR) is 95.2 cm³/mol. The van der Waals surface area contributed by atoms with Crippen LogP contribution < -0.4 is 0 Å². The van der Waals surface area contributed by atoms with E-state index in [0.717, 1.165) is 11.1 Å². The summed E-state index contributed by atoms with van der Waals surface area (Å²) in [5.74, 6) is 0. The molecule has 0 aliphatic rings. The van der Waals surface area contributed by atoms with Crippen molar-refractivity contribution in [1.82, 2.24) is 0 Å². The van der Waals surface area contributed by atoms with Gasteiger partial charge in [0.1, 0.15) is 5.60 Å². The van der Waals surface area contributed by atoms with E-state index in [2.05, 4.69) is 32.9 Å². The zero-order chi connectivity index (χ0) is 16.1. The molecule has 0 rings (SSSR count). The molecule has 0 saturated heterocycles. The summed E-state index contributed by atoms with van der Waals surface area (Å²) in [5.41, 5.74) is 0.805. The van der Waals surface area contributed by atoms with E-state index < -0.39 is 5.60 Å². The highest BCUT2D eigenvalue weighted by molar-refractivity contribution is 5.36. The highest BCUT2D eigenvalue weighted by Gasteiger charge is 2.32. The topological polar surface area (TPSA) is 20.2 Å². The molecule has 1 heteroatoms. The maximum absolute atomic E-state index is 11.3. The van der Waals surface area contributed by atoms with Gasteiger partial charge in [-0.05, 0) is 36.8 Å². The quantitative estimate of drug-likeness (QED) is 0.472. The molecular weight excluding hydrogens is 256 g/mol. The Morgan fingerprint density at radius 1 is 0.714 bits per heavy atom. The van der Waals surface area contributed by atoms with Crippen molar-refractivity contribution in [2.45, 2.75) is 37.7 Å². The highest BCUT2D eigenvalue weighted by atomic mass is 16.3. The van der Waals surface area contributed by atoms with E-state index in [-0.39, 0.29) is 0 Å². The van der Waals surface area contributed by atoms with Crippen LogP contribution in [-0.2, 0) is 0 Å². The molecule has 0 unspecified atom stereocenters. The minimum Gasteiger partial charge on any atom is -0.381 e. The van der Waals surface area contributed by atoms with E-state index >= 15 is 0 Å². The molecule has 0 aromatic rings. The molecule has 0 radical (unpaired) electrons. The molecule has 0 aromatic heterocycles. The van der Waals surface area contributed by atoms with Crippen LogP contribution in [0, 0.1) is 0 Å². The Morgan fingerprint density at radius 3 is 1.43 bits per heavy atom. The van der Waals surface area contributed by atoms with Crippen LogP contribution in [0.1, 0.15) is 32.1 Å². The maximum Gasteiger partial charge on any atom is 0.111 e. The first-order valence-corrected chi connectivity index (χ1v) is 7.26. The molecule has 0 aromatic carbocycles. The molecule has 1 nitrogen and oxygen atoms in total. The lowest BCUT2D eigenvalue weighted by Gasteiger charge is -2.33. The van der Waals surface area contributed by atoms with Crippen LogP contribution in [0.4, 0.5) is 0 Å². The summed E-state index contributed by atoms with van der Waals surface area (Å²) < 4.78 is 0. The van der Waals surface area contributed by atoms with Crippen LogP contribution in [0.3, 0.4) is 0 Å². The van der Waals surface area contributed by atoms with Crippen molar-refractivity contribution in [1.29, 1.82) is 0 Å². The largest absolute Gasteiger partial charge is 0.381 e. The Balaban J connectivity index is 5.83. The number of rotatable bonds is 12. The molecule has 0 aliphatic heterocycles. The van der Waals surface area contributed by atoms with Gasteiger partial charge in [0, 0.05) is 6.42 Å². The van der Waals surface area contributed by atoms with Gasteiger partial charge in [-0.3, -0.25) is 0 Å². The average molecular weight is 284 g/mol. The Labute approximate surface area is 130 Å². The van der Waals surface area contributed by atoms with Crippen LogP contribution in [0.15, 0.2) is 86.6 Å². The van der Waals surface area contributed by atoms with Crippen LogP contribution in [0.2, 0.25) is 0 Å². The SMILES string of the molecule is C=CCC=C(CC=C)C(O)(CC=C)C(=CCC=C)CC=C. The van der Waals surface area contributed by atoms with E-state index in [1.807, 2.05) is 36.5 Å². The molecule has 0 heterocycles. The third kappa shape index (κ3) is 5.97. The number of hydrogen-bond acceptors (Lipinski definition) is 1. The lowest BCUT2D eigenvalue weighted by atomic mass is 9.79. The van der Waals surface area contributed by atoms with Crippen LogP contribution in [0.5, 0.6) is 0 Å². The zero-order valence-electron chi connectivity index (χ0n) is 13.1. The van der Waals surface area contributed by atoms with Crippen molar-refractivity contribution in [3.05, 3.63) is 86.6 Å². The molecule has 0 bridgehead atoms. The smallest absolute Gasteiger partial charge is 0.111 e. The van der Waals surface area contributed by atoms with Gasteiger partial charge in [-0.25, -0.2) is 0 Å². The van der Waals surface area contributed by atoms with Gasteiger partial charge in [-0.2, -0.15) is 0 Å². The van der Waals surface area contributed by atoms with E-state index in [9.17, 15) is 5.11 Å². The first-order chi connectivity index (χ1) is 10.1. The van der Waals surface area contributed by atoms with Crippen molar-refractivity contribution in [2.24, 2.45) is 0 Å². The molecule has 0 aliphatic carbocycles. The van der Waals surface area contributed by atoms with Crippen molar-refractivity contribution >= 4 is 0 Å². The summed E-state index contributed by atoms with van der Waals surface area (Å²) in [4.78, 5) is 0. The maximum atomic E-state index is 11.3. The fourth-order valence-corrected chi connectivity index (χ4v) is 2.28. The fraction of sp³-hybridized carbons (Fsp3) is 0.300. The van der Waals surface area contributed by atoms with Crippen LogP contribution in [0.25, 0.3) is 0 Å². The molecule has 1 N–H and O–H groups in total. The van der Waals surface area contributed by atoms with Crippen molar-refractivity contribution in [2.75, 3.05) is 0 Å². The van der Waals surface area contributed by atoms with Gasteiger partial charge in [-0.15, -0.1) is 32.9 Å². The van der Waals surface area contributed by atoms with Gasteiger partial charge in [0.15, 0.2) is 0 Å². The van der Waals surface area contributed by atoms with E-state index in [4.69, 9.17) is 0 Å². The minimum atomic E-state index is -1.05. The molecule has 0 amide bonds. The fourth-order valence-electron chi connectivity index (χ4n) is 2.28. The Kier molecular flexibility index (Phi) is 9.91. The normalized spacial score (nSPS) is 14.9. The van der Waals surface area contributed by atoms with Crippen molar-refractivity contribution in [3.8, 4) is 0 Å². The molecule has 0 spiro atoms. The van der Waals surface area contributed by atoms with Gasteiger partial charge >= 0.3 is 0 Å². The summed E-state index contributed by atoms with van der Waals surface area (Å²) in [6.07, 6.45) is 16.2. The van der Waals surface area contributed by atoms with Crippen molar-refractivity contribution < 1.29 is 5.11 Å². The molecule has 0 saturated carbocycles. The van der Waals surface area contributed by atoms with Gasteiger partial charge in [0.05, 0.1) is 0 Å². The van der Waals surface area contributed by atoms with Crippen molar-refractivity contribution in [3.63, 3.8) is 0 Å². The van der Waals surface area contributed by atoms with Gasteiger partial charge in [-0.1, -0.05) is 42.5 Å². The van der Waals surface area contributed by atoms with Gasteiger partial charge in [0.25, 0.3) is 0 Å². The molecule has 114 valence electrons. The first-order valence-electron chi connectivity index (χ1n) is 7.26. The first kappa shape index (κ1) is 19.1. The van der Waals surface area contributed by atoms with E-state index in [1.165, 1.54) is 0 Å². The Bertz CT molecular complexity index is 401. The van der Waals surface area contributed by atoms with E-state index in [1.54, 1.807) is 6.08 Å². The lowest BCUT2D eigenvalue weighted by Crippen LogP contribution is -2.33. The minimum absolute atomic E-state index is 0.459. The Morgan fingerprint density at radius 2 is 1.14 bits per heavy atom. The number of aliphatic hydroxyl groups is 1. The monoisotopic (exact) mass is 284 g/mol. The molecule has 21 heavy (non-hydrogen) atoms. The number of allylic oxidation sites excluding steroid dienone is 6. The lowest BCUT2D eigenvalue weighted by molar-refractivity contribution is 0.115. The summed E-state index contributed by atoms with van der Waals surface area (Å²) in [5, 5.41) is 11.3. The second-order valence-corrected chi connectivity index (χ2v) is 4.85. The third-order valence-corrected chi connectivity index (χ3v) is 3.29. The molecule has 0 fully saturated rings. The van der Waals surface area contributed by atoms with Crippen LogP contribution >= 0.6 is 0 Å². The Hall–Kier alpha value is -1.86.